The second-order valence-electron chi connectivity index (χ2n) is 7.30. The normalized spacial score (nSPS) is 16.1. The van der Waals surface area contributed by atoms with Crippen LogP contribution in [0.1, 0.15) is 27.5 Å². The van der Waals surface area contributed by atoms with Crippen LogP contribution >= 0.6 is 0 Å². The highest BCUT2D eigenvalue weighted by Gasteiger charge is 2.32. The fourth-order valence-electron chi connectivity index (χ4n) is 4.34. The van der Waals surface area contributed by atoms with E-state index in [1.807, 2.05) is 36.4 Å². The number of rotatable bonds is 4. The standard InChI is InChI=1S/C23H20N2O5/c26-21-15-3-1-2-4-16(15)22-18(17(13-30-22)23(27)28)19(21)20(14-5-7-24-8-6-14)25-9-11-29-12-10-25/h1-8,13,20,26H,9-12H2,(H,27,28). The van der Waals surface area contributed by atoms with Gasteiger partial charge in [0.05, 0.1) is 19.3 Å². The van der Waals surface area contributed by atoms with Crippen molar-refractivity contribution >= 4 is 27.7 Å². The molecule has 3 heterocycles. The first-order valence-electron chi connectivity index (χ1n) is 9.76. The van der Waals surface area contributed by atoms with Crippen molar-refractivity contribution in [3.63, 3.8) is 0 Å². The van der Waals surface area contributed by atoms with Gasteiger partial charge in [-0.3, -0.25) is 9.88 Å². The van der Waals surface area contributed by atoms with Crippen LogP contribution in [0.25, 0.3) is 21.7 Å². The van der Waals surface area contributed by atoms with Crippen molar-refractivity contribution in [1.29, 1.82) is 0 Å². The lowest BCUT2D eigenvalue weighted by Gasteiger charge is -2.35. The van der Waals surface area contributed by atoms with Gasteiger partial charge in [0.15, 0.2) is 0 Å². The average molecular weight is 404 g/mol. The third-order valence-corrected chi connectivity index (χ3v) is 5.68. The Labute approximate surface area is 172 Å². The van der Waals surface area contributed by atoms with Gasteiger partial charge in [-0.2, -0.15) is 0 Å². The fourth-order valence-corrected chi connectivity index (χ4v) is 4.34. The van der Waals surface area contributed by atoms with Crippen molar-refractivity contribution in [1.82, 2.24) is 9.88 Å². The van der Waals surface area contributed by atoms with E-state index in [1.54, 1.807) is 12.4 Å². The fraction of sp³-hybridized carbons (Fsp3) is 0.217. The van der Waals surface area contributed by atoms with Gasteiger partial charge in [-0.25, -0.2) is 4.79 Å². The van der Waals surface area contributed by atoms with Crippen LogP contribution in [0.4, 0.5) is 0 Å². The summed E-state index contributed by atoms with van der Waals surface area (Å²) in [7, 11) is 0. The molecule has 152 valence electrons. The number of furan rings is 1. The number of hydrogen-bond acceptors (Lipinski definition) is 6. The summed E-state index contributed by atoms with van der Waals surface area (Å²) in [6.07, 6.45) is 4.66. The molecule has 0 amide bonds. The molecule has 0 spiro atoms. The number of fused-ring (bicyclic) bond motifs is 3. The third kappa shape index (κ3) is 2.91. The Morgan fingerprint density at radius 3 is 2.47 bits per heavy atom. The molecule has 1 aliphatic rings. The molecule has 5 rings (SSSR count). The summed E-state index contributed by atoms with van der Waals surface area (Å²) in [5.41, 5.74) is 1.94. The number of nitrogens with zero attached hydrogens (tertiary/aromatic N) is 2. The minimum absolute atomic E-state index is 0.0355. The third-order valence-electron chi connectivity index (χ3n) is 5.68. The first-order valence-corrected chi connectivity index (χ1v) is 9.76. The predicted molar refractivity (Wildman–Crippen MR) is 111 cm³/mol. The summed E-state index contributed by atoms with van der Waals surface area (Å²) in [6, 6.07) is 10.7. The molecular weight excluding hydrogens is 384 g/mol. The number of phenols is 1. The largest absolute Gasteiger partial charge is 0.507 e. The van der Waals surface area contributed by atoms with Gasteiger partial charge in [-0.05, 0) is 17.7 Å². The first kappa shape index (κ1) is 18.6. The Bertz CT molecular complexity index is 1230. The van der Waals surface area contributed by atoms with E-state index in [0.717, 1.165) is 5.56 Å². The lowest BCUT2D eigenvalue weighted by molar-refractivity contribution is 0.0238. The van der Waals surface area contributed by atoms with E-state index in [2.05, 4.69) is 9.88 Å². The molecule has 0 saturated carbocycles. The number of benzene rings is 2. The summed E-state index contributed by atoms with van der Waals surface area (Å²) >= 11 is 0. The Hall–Kier alpha value is -3.42. The van der Waals surface area contributed by atoms with Gasteiger partial charge in [0.1, 0.15) is 23.2 Å². The van der Waals surface area contributed by atoms with Gasteiger partial charge in [-0.1, -0.05) is 24.3 Å². The van der Waals surface area contributed by atoms with Crippen LogP contribution < -0.4 is 0 Å². The van der Waals surface area contributed by atoms with Crippen molar-refractivity contribution in [2.75, 3.05) is 26.3 Å². The van der Waals surface area contributed by atoms with Crippen LogP contribution in [0, 0.1) is 0 Å². The Morgan fingerprint density at radius 2 is 1.77 bits per heavy atom. The van der Waals surface area contributed by atoms with Gasteiger partial charge >= 0.3 is 5.97 Å². The summed E-state index contributed by atoms with van der Waals surface area (Å²) < 4.78 is 11.3. The number of morpholine rings is 1. The number of carboxylic acids is 1. The van der Waals surface area contributed by atoms with Gasteiger partial charge in [-0.15, -0.1) is 0 Å². The maximum Gasteiger partial charge on any atom is 0.339 e. The van der Waals surface area contributed by atoms with E-state index in [-0.39, 0.29) is 17.4 Å². The second kappa shape index (κ2) is 7.44. The summed E-state index contributed by atoms with van der Waals surface area (Å²) in [5, 5.41) is 23.0. The second-order valence-corrected chi connectivity index (χ2v) is 7.30. The van der Waals surface area contributed by atoms with Gasteiger partial charge in [0, 0.05) is 47.2 Å². The quantitative estimate of drug-likeness (QED) is 0.534. The molecule has 4 aromatic rings. The first-order chi connectivity index (χ1) is 14.7. The smallest absolute Gasteiger partial charge is 0.339 e. The van der Waals surface area contributed by atoms with E-state index in [0.29, 0.717) is 53.6 Å². The molecule has 2 aromatic heterocycles. The molecule has 7 heteroatoms. The Kier molecular flexibility index (Phi) is 4.61. The van der Waals surface area contributed by atoms with Crippen molar-refractivity contribution in [3.8, 4) is 5.75 Å². The van der Waals surface area contributed by atoms with Gasteiger partial charge < -0.3 is 19.4 Å². The molecule has 0 aliphatic carbocycles. The summed E-state index contributed by atoms with van der Waals surface area (Å²) in [4.78, 5) is 18.3. The topological polar surface area (TPSA) is 96.0 Å². The van der Waals surface area contributed by atoms with Crippen LogP contribution in [-0.4, -0.2) is 52.4 Å². The Morgan fingerprint density at radius 1 is 1.07 bits per heavy atom. The molecule has 1 unspecified atom stereocenters. The number of aromatic hydroxyl groups is 1. The van der Waals surface area contributed by atoms with Crippen molar-refractivity contribution < 1.29 is 24.2 Å². The maximum absolute atomic E-state index is 12.0. The predicted octanol–water partition coefficient (Wildman–Crippen LogP) is 3.81. The molecule has 1 aliphatic heterocycles. The van der Waals surface area contributed by atoms with Gasteiger partial charge in [0.25, 0.3) is 0 Å². The van der Waals surface area contributed by atoms with E-state index in [9.17, 15) is 15.0 Å². The van der Waals surface area contributed by atoms with E-state index in [4.69, 9.17) is 9.15 Å². The highest BCUT2D eigenvalue weighted by molar-refractivity contribution is 6.15. The number of pyridine rings is 1. The zero-order valence-corrected chi connectivity index (χ0v) is 16.1. The van der Waals surface area contributed by atoms with E-state index in [1.165, 1.54) is 6.26 Å². The minimum Gasteiger partial charge on any atom is -0.507 e. The van der Waals surface area contributed by atoms with Crippen LogP contribution in [0.15, 0.2) is 59.5 Å². The number of aromatic carboxylic acids is 1. The zero-order valence-electron chi connectivity index (χ0n) is 16.1. The number of ether oxygens (including phenoxy) is 1. The van der Waals surface area contributed by atoms with Gasteiger partial charge in [0.2, 0.25) is 0 Å². The van der Waals surface area contributed by atoms with Crippen LogP contribution in [0.3, 0.4) is 0 Å². The van der Waals surface area contributed by atoms with E-state index >= 15 is 0 Å². The average Bonchev–Trinajstić information content (AvgIpc) is 3.23. The monoisotopic (exact) mass is 404 g/mol. The van der Waals surface area contributed by atoms with E-state index < -0.39 is 5.97 Å². The van der Waals surface area contributed by atoms with Crippen molar-refractivity contribution in [2.45, 2.75) is 6.04 Å². The number of carboxylic acid groups (broad SMARTS) is 1. The highest BCUT2D eigenvalue weighted by atomic mass is 16.5. The van der Waals surface area contributed by atoms with Crippen LogP contribution in [-0.2, 0) is 4.74 Å². The summed E-state index contributed by atoms with van der Waals surface area (Å²) in [6.45, 7) is 2.44. The molecular formula is C23H20N2O5. The molecule has 7 nitrogen and oxygen atoms in total. The molecule has 2 aromatic carbocycles. The minimum atomic E-state index is -1.10. The number of phenolic OH excluding ortho intramolecular Hbond substituents is 1. The lowest BCUT2D eigenvalue weighted by Crippen LogP contribution is -2.39. The SMILES string of the molecule is O=C(O)c1coc2c1c(C(c1ccncc1)N1CCOCC1)c(O)c1ccccc12. The lowest BCUT2D eigenvalue weighted by atomic mass is 9.89. The maximum atomic E-state index is 12.0. The molecule has 2 N–H and O–H groups in total. The number of carbonyl (C=O) groups is 1. The van der Waals surface area contributed by atoms with Crippen molar-refractivity contribution in [3.05, 3.63) is 71.7 Å². The molecule has 1 atom stereocenters. The molecule has 30 heavy (non-hydrogen) atoms. The van der Waals surface area contributed by atoms with Crippen LogP contribution in [0.2, 0.25) is 0 Å². The van der Waals surface area contributed by atoms with Crippen LogP contribution in [0.5, 0.6) is 5.75 Å². The molecule has 1 fully saturated rings. The molecule has 0 bridgehead atoms. The van der Waals surface area contributed by atoms with Crippen molar-refractivity contribution in [2.24, 2.45) is 0 Å². The molecule has 1 saturated heterocycles. The number of hydrogen-bond donors (Lipinski definition) is 2. The summed E-state index contributed by atoms with van der Waals surface area (Å²) in [5.74, 6) is -1.03. The highest BCUT2D eigenvalue weighted by Crippen LogP contribution is 2.46. The zero-order chi connectivity index (χ0) is 20.7. The molecule has 0 radical (unpaired) electrons. The Balaban J connectivity index is 1.89. The number of aromatic nitrogens is 1.